The van der Waals surface area contributed by atoms with Crippen LogP contribution >= 0.6 is 0 Å². The van der Waals surface area contributed by atoms with Crippen molar-refractivity contribution in [2.24, 2.45) is 11.7 Å². The maximum absolute atomic E-state index is 15.1. The summed E-state index contributed by atoms with van der Waals surface area (Å²) in [4.78, 5) is 54.0. The topological polar surface area (TPSA) is 168 Å². The SMILES string of the molecule is COc1cc([C@@H](Nc2cc(C(N)=O)ccc2F)C(=O)N2CC[C@H](C=O)[C@@H]2c2cc(NC(=O)N(C)C)ccc2S(=O)(=O)C2CC2)ccc1F. The first-order valence-corrected chi connectivity index (χ1v) is 16.6. The number of likely N-dealkylation sites (tertiary alicyclic amines) is 1. The van der Waals surface area contributed by atoms with E-state index in [1.165, 1.54) is 67.4 Å². The van der Waals surface area contributed by atoms with Crippen LogP contribution in [0.5, 0.6) is 5.75 Å². The Bertz CT molecular complexity index is 1880. The fraction of sp³-hybridized carbons (Fsp3) is 0.333. The smallest absolute Gasteiger partial charge is 0.321 e. The third-order valence-electron chi connectivity index (χ3n) is 8.46. The predicted molar refractivity (Wildman–Crippen MR) is 172 cm³/mol. The molecular weight excluding hydrogens is 648 g/mol. The van der Waals surface area contributed by atoms with Crippen LogP contribution in [0.2, 0.25) is 0 Å². The number of halogens is 2. The number of sulfone groups is 1. The van der Waals surface area contributed by atoms with Gasteiger partial charge in [0.2, 0.25) is 11.8 Å². The molecule has 4 N–H and O–H groups in total. The Balaban J connectivity index is 1.64. The van der Waals surface area contributed by atoms with Crippen molar-refractivity contribution in [3.8, 4) is 5.75 Å². The molecule has 0 aromatic heterocycles. The molecule has 4 amide bonds. The van der Waals surface area contributed by atoms with Gasteiger partial charge in [0.05, 0.1) is 29.0 Å². The molecule has 1 aliphatic heterocycles. The number of benzene rings is 3. The average molecular weight is 684 g/mol. The van der Waals surface area contributed by atoms with E-state index >= 15 is 4.39 Å². The largest absolute Gasteiger partial charge is 0.494 e. The lowest BCUT2D eigenvalue weighted by Crippen LogP contribution is -2.39. The lowest BCUT2D eigenvalue weighted by Gasteiger charge is -2.33. The van der Waals surface area contributed by atoms with E-state index in [1.54, 1.807) is 0 Å². The van der Waals surface area contributed by atoms with Gasteiger partial charge in [-0.1, -0.05) is 6.07 Å². The first-order valence-electron chi connectivity index (χ1n) is 15.1. The summed E-state index contributed by atoms with van der Waals surface area (Å²) in [6, 6.07) is 8.15. The summed E-state index contributed by atoms with van der Waals surface area (Å²) in [5.74, 6) is -4.15. The zero-order valence-electron chi connectivity index (χ0n) is 26.4. The van der Waals surface area contributed by atoms with E-state index < -0.39 is 62.6 Å². The third-order valence-corrected chi connectivity index (χ3v) is 10.8. The molecule has 1 aliphatic carbocycles. The molecule has 1 saturated carbocycles. The van der Waals surface area contributed by atoms with Crippen molar-refractivity contribution in [3.05, 3.63) is 82.9 Å². The number of rotatable bonds is 11. The second-order valence-electron chi connectivity index (χ2n) is 11.9. The van der Waals surface area contributed by atoms with Gasteiger partial charge in [-0.3, -0.25) is 9.59 Å². The summed E-state index contributed by atoms with van der Waals surface area (Å²) in [5.41, 5.74) is 5.62. The number of amides is 4. The lowest BCUT2D eigenvalue weighted by atomic mass is 9.93. The normalized spacial score (nSPS) is 18.1. The van der Waals surface area contributed by atoms with Gasteiger partial charge in [0.15, 0.2) is 21.4 Å². The Kier molecular flexibility index (Phi) is 9.71. The van der Waals surface area contributed by atoms with Crippen molar-refractivity contribution < 1.29 is 41.1 Å². The van der Waals surface area contributed by atoms with Crippen LogP contribution < -0.4 is 21.1 Å². The number of nitrogens with one attached hydrogen (secondary N) is 2. The van der Waals surface area contributed by atoms with E-state index in [4.69, 9.17) is 10.5 Å². The van der Waals surface area contributed by atoms with Gasteiger partial charge in [-0.05, 0) is 78.9 Å². The number of aldehydes is 1. The molecule has 254 valence electrons. The molecule has 0 radical (unpaired) electrons. The molecule has 12 nitrogen and oxygen atoms in total. The van der Waals surface area contributed by atoms with E-state index in [-0.39, 0.29) is 51.7 Å². The van der Waals surface area contributed by atoms with Crippen LogP contribution in [0.3, 0.4) is 0 Å². The molecule has 0 spiro atoms. The number of hydrogen-bond acceptors (Lipinski definition) is 8. The molecule has 48 heavy (non-hydrogen) atoms. The zero-order valence-corrected chi connectivity index (χ0v) is 27.2. The minimum Gasteiger partial charge on any atom is -0.494 e. The standard InChI is InChI=1S/C33H35F2N5O7S/c1-39(2)33(44)37-21-6-11-28(48(45,46)22-7-8-22)23(16-21)30-20(17-41)12-13-40(30)32(43)29(18-4-10-25(35)27(15-18)47-3)38-26-14-19(31(36)42)5-9-24(26)34/h4-6,9-11,14-17,20,22,29-30,38H,7-8,12-13H2,1-3H3,(H2,36,42)(H,37,44)/t20-,29-,30-/m1/s1. The highest BCUT2D eigenvalue weighted by molar-refractivity contribution is 7.92. The molecule has 2 aliphatic rings. The quantitative estimate of drug-likeness (QED) is 0.255. The fourth-order valence-corrected chi connectivity index (χ4v) is 7.65. The number of anilines is 2. The van der Waals surface area contributed by atoms with Crippen LogP contribution in [0.15, 0.2) is 59.5 Å². The van der Waals surface area contributed by atoms with E-state index in [0.717, 1.165) is 18.2 Å². The highest BCUT2D eigenvalue weighted by Crippen LogP contribution is 2.45. The highest BCUT2D eigenvalue weighted by Gasteiger charge is 2.45. The minimum atomic E-state index is -3.87. The number of nitrogens with two attached hydrogens (primary N) is 1. The fourth-order valence-electron chi connectivity index (χ4n) is 5.77. The number of ether oxygens (including phenoxy) is 1. The number of hydrogen-bond donors (Lipinski definition) is 3. The second-order valence-corrected chi connectivity index (χ2v) is 14.1. The van der Waals surface area contributed by atoms with E-state index in [2.05, 4.69) is 10.6 Å². The van der Waals surface area contributed by atoms with Crippen LogP contribution in [0.4, 0.5) is 25.0 Å². The summed E-state index contributed by atoms with van der Waals surface area (Å²) in [7, 11) is 0.419. The summed E-state index contributed by atoms with van der Waals surface area (Å²) in [6.45, 7) is 0.00439. The number of urea groups is 1. The summed E-state index contributed by atoms with van der Waals surface area (Å²) in [6.07, 6.45) is 1.73. The van der Waals surface area contributed by atoms with Crippen LogP contribution in [-0.4, -0.2) is 75.3 Å². The molecule has 3 atom stereocenters. The van der Waals surface area contributed by atoms with Crippen molar-refractivity contribution in [2.45, 2.75) is 41.5 Å². The summed E-state index contributed by atoms with van der Waals surface area (Å²) < 4.78 is 62.1. The third kappa shape index (κ3) is 6.81. The van der Waals surface area contributed by atoms with Gasteiger partial charge in [0.1, 0.15) is 18.1 Å². The van der Waals surface area contributed by atoms with Gasteiger partial charge < -0.3 is 35.7 Å². The van der Waals surface area contributed by atoms with E-state index in [1.807, 2.05) is 0 Å². The second kappa shape index (κ2) is 13.6. The number of nitrogens with zero attached hydrogens (tertiary/aromatic N) is 2. The van der Waals surface area contributed by atoms with E-state index in [9.17, 15) is 32.0 Å². The predicted octanol–water partition coefficient (Wildman–Crippen LogP) is 4.04. The monoisotopic (exact) mass is 683 g/mol. The molecule has 1 saturated heterocycles. The maximum Gasteiger partial charge on any atom is 0.321 e. The van der Waals surface area contributed by atoms with Crippen LogP contribution in [-0.2, 0) is 19.4 Å². The van der Waals surface area contributed by atoms with Gasteiger partial charge >= 0.3 is 6.03 Å². The molecule has 3 aromatic carbocycles. The molecule has 0 unspecified atom stereocenters. The van der Waals surface area contributed by atoms with Crippen LogP contribution in [0, 0.1) is 17.6 Å². The maximum atomic E-state index is 15.1. The van der Waals surface area contributed by atoms with Crippen molar-refractivity contribution >= 4 is 45.3 Å². The number of primary amides is 1. The minimum absolute atomic E-state index is 0.00439. The summed E-state index contributed by atoms with van der Waals surface area (Å²) >= 11 is 0. The number of carbonyl (C=O) groups is 4. The lowest BCUT2D eigenvalue weighted by molar-refractivity contribution is -0.133. The van der Waals surface area contributed by atoms with Gasteiger partial charge in [-0.15, -0.1) is 0 Å². The Morgan fingerprint density at radius 1 is 1.02 bits per heavy atom. The number of methoxy groups -OCH3 is 1. The van der Waals surface area contributed by atoms with Gasteiger partial charge in [0, 0.05) is 37.8 Å². The van der Waals surface area contributed by atoms with Crippen molar-refractivity contribution in [1.29, 1.82) is 0 Å². The molecular formula is C33H35F2N5O7S. The summed E-state index contributed by atoms with van der Waals surface area (Å²) in [5, 5.41) is 4.87. The Labute approximate surface area is 276 Å². The molecule has 5 rings (SSSR count). The van der Waals surface area contributed by atoms with Crippen molar-refractivity contribution in [1.82, 2.24) is 9.80 Å². The van der Waals surface area contributed by atoms with Gasteiger partial charge in [-0.25, -0.2) is 22.0 Å². The molecule has 1 heterocycles. The molecule has 2 fully saturated rings. The van der Waals surface area contributed by atoms with Gasteiger partial charge in [-0.2, -0.15) is 0 Å². The van der Waals surface area contributed by atoms with Gasteiger partial charge in [0.25, 0.3) is 0 Å². The molecule has 0 bridgehead atoms. The van der Waals surface area contributed by atoms with Crippen LogP contribution in [0.25, 0.3) is 0 Å². The first-order chi connectivity index (χ1) is 22.8. The molecule has 15 heteroatoms. The average Bonchev–Trinajstić information content (AvgIpc) is 3.84. The Morgan fingerprint density at radius 2 is 1.73 bits per heavy atom. The van der Waals surface area contributed by atoms with Crippen molar-refractivity contribution in [3.63, 3.8) is 0 Å². The van der Waals surface area contributed by atoms with E-state index in [0.29, 0.717) is 19.1 Å². The first kappa shape index (κ1) is 34.3. The zero-order chi connectivity index (χ0) is 34.9. The number of carbonyl (C=O) groups excluding carboxylic acids is 4. The van der Waals surface area contributed by atoms with Crippen LogP contribution in [0.1, 0.15) is 52.8 Å². The Morgan fingerprint density at radius 3 is 2.35 bits per heavy atom. The molecule has 3 aromatic rings. The Hall–Kier alpha value is -5.05. The van der Waals surface area contributed by atoms with Crippen molar-refractivity contribution in [2.75, 3.05) is 38.4 Å². The highest BCUT2D eigenvalue weighted by atomic mass is 32.2.